The lowest BCUT2D eigenvalue weighted by Crippen LogP contribution is -2.52. The van der Waals surface area contributed by atoms with Crippen LogP contribution in [0, 0.1) is 0 Å². The molecule has 0 aromatic heterocycles. The largest absolute Gasteiger partial charge is 0.352 e. The number of nitrogens with zero attached hydrogens (tertiary/aromatic N) is 2. The lowest BCUT2D eigenvalue weighted by Gasteiger charge is -2.32. The highest BCUT2D eigenvalue weighted by Gasteiger charge is 2.33. The van der Waals surface area contributed by atoms with Gasteiger partial charge in [0.1, 0.15) is 12.6 Å². The van der Waals surface area contributed by atoms with E-state index >= 15 is 0 Å². The van der Waals surface area contributed by atoms with Crippen molar-refractivity contribution in [1.29, 1.82) is 0 Å². The number of amides is 2. The summed E-state index contributed by atoms with van der Waals surface area (Å²) in [5, 5.41) is 3.44. The highest BCUT2D eigenvalue weighted by molar-refractivity contribution is 7.92. The summed E-state index contributed by atoms with van der Waals surface area (Å²) >= 11 is 18.6. The first-order chi connectivity index (χ1) is 17.9. The number of benzene rings is 3. The highest BCUT2D eigenvalue weighted by atomic mass is 35.5. The molecule has 202 valence electrons. The van der Waals surface area contributed by atoms with E-state index in [-0.39, 0.29) is 39.1 Å². The van der Waals surface area contributed by atoms with Crippen molar-refractivity contribution in [3.8, 4) is 0 Å². The summed E-state index contributed by atoms with van der Waals surface area (Å²) in [4.78, 5) is 28.1. The Hall–Kier alpha value is -2.78. The third-order valence-electron chi connectivity index (χ3n) is 5.67. The maximum atomic E-state index is 13.8. The number of carbonyl (C=O) groups excluding carboxylic acids is 2. The molecule has 0 spiro atoms. The molecule has 0 saturated carbocycles. The summed E-state index contributed by atoms with van der Waals surface area (Å²) in [6.07, 6.45) is 0. The summed E-state index contributed by atoms with van der Waals surface area (Å²) in [7, 11) is -4.24. The number of rotatable bonds is 10. The normalized spacial score (nSPS) is 12.2. The second-order valence-corrected chi connectivity index (χ2v) is 12.0. The van der Waals surface area contributed by atoms with Crippen molar-refractivity contribution in [2.24, 2.45) is 0 Å². The van der Waals surface area contributed by atoms with Crippen LogP contribution in [0.2, 0.25) is 15.1 Å². The van der Waals surface area contributed by atoms with Crippen LogP contribution >= 0.6 is 34.8 Å². The molecule has 0 radical (unpaired) electrons. The topological polar surface area (TPSA) is 86.8 Å². The number of anilines is 1. The summed E-state index contributed by atoms with van der Waals surface area (Å²) in [6.45, 7) is 4.64. The standard InChI is InChI=1S/C27H28Cl3N3O4S/c1-18(2)31-27(35)19(3)32(16-20-12-14-21(28)15-13-20)25(34)17-33(24-11-7-10-23(29)26(24)30)38(36,37)22-8-5-4-6-9-22/h4-15,18-19H,16-17H2,1-3H3,(H,31,35). The number of sulfonamides is 1. The zero-order valence-corrected chi connectivity index (χ0v) is 24.2. The Kier molecular flexibility index (Phi) is 10.1. The van der Waals surface area contributed by atoms with E-state index in [1.807, 2.05) is 13.8 Å². The number of hydrogen-bond donors (Lipinski definition) is 1. The minimum Gasteiger partial charge on any atom is -0.352 e. The van der Waals surface area contributed by atoms with Crippen LogP contribution < -0.4 is 9.62 Å². The maximum Gasteiger partial charge on any atom is 0.264 e. The van der Waals surface area contributed by atoms with Crippen LogP contribution in [-0.2, 0) is 26.2 Å². The summed E-state index contributed by atoms with van der Waals surface area (Å²) < 4.78 is 28.4. The minimum absolute atomic E-state index is 0.0173. The average molecular weight is 597 g/mol. The van der Waals surface area contributed by atoms with Crippen molar-refractivity contribution in [3.05, 3.63) is 93.4 Å². The van der Waals surface area contributed by atoms with Gasteiger partial charge in [0.15, 0.2) is 0 Å². The van der Waals surface area contributed by atoms with Crippen LogP contribution in [0.3, 0.4) is 0 Å². The van der Waals surface area contributed by atoms with E-state index in [1.165, 1.54) is 29.2 Å². The van der Waals surface area contributed by atoms with E-state index in [9.17, 15) is 18.0 Å². The number of carbonyl (C=O) groups is 2. The third kappa shape index (κ3) is 7.20. The highest BCUT2D eigenvalue weighted by Crippen LogP contribution is 2.35. The second kappa shape index (κ2) is 12.8. The third-order valence-corrected chi connectivity index (χ3v) is 8.51. The Balaban J connectivity index is 2.06. The molecule has 0 bridgehead atoms. The molecule has 3 aromatic rings. The zero-order valence-electron chi connectivity index (χ0n) is 21.1. The molecule has 0 heterocycles. The van der Waals surface area contributed by atoms with Gasteiger partial charge in [-0.05, 0) is 62.7 Å². The molecule has 3 aromatic carbocycles. The molecule has 2 amide bonds. The Morgan fingerprint density at radius 2 is 1.50 bits per heavy atom. The predicted molar refractivity (Wildman–Crippen MR) is 152 cm³/mol. The monoisotopic (exact) mass is 595 g/mol. The first-order valence-corrected chi connectivity index (χ1v) is 14.3. The van der Waals surface area contributed by atoms with Gasteiger partial charge in [-0.3, -0.25) is 13.9 Å². The van der Waals surface area contributed by atoms with Crippen LogP contribution in [0.5, 0.6) is 0 Å². The number of halogens is 3. The van der Waals surface area contributed by atoms with Gasteiger partial charge in [0.25, 0.3) is 10.0 Å². The van der Waals surface area contributed by atoms with Gasteiger partial charge in [0.2, 0.25) is 11.8 Å². The van der Waals surface area contributed by atoms with E-state index in [2.05, 4.69) is 5.32 Å². The first kappa shape index (κ1) is 29.8. The van der Waals surface area contributed by atoms with Crippen molar-refractivity contribution >= 4 is 62.3 Å². The molecule has 38 heavy (non-hydrogen) atoms. The molecular formula is C27H28Cl3N3O4S. The molecule has 3 rings (SSSR count). The van der Waals surface area contributed by atoms with Gasteiger partial charge in [0.05, 0.1) is 20.6 Å². The second-order valence-electron chi connectivity index (χ2n) is 8.89. The van der Waals surface area contributed by atoms with E-state index in [1.54, 1.807) is 55.5 Å². The maximum absolute atomic E-state index is 13.8. The van der Waals surface area contributed by atoms with Gasteiger partial charge < -0.3 is 10.2 Å². The molecule has 0 aliphatic rings. The molecule has 0 aliphatic carbocycles. The van der Waals surface area contributed by atoms with Crippen LogP contribution in [0.25, 0.3) is 0 Å². The fourth-order valence-corrected chi connectivity index (χ4v) is 5.71. The molecule has 1 unspecified atom stereocenters. The molecule has 11 heteroatoms. The number of nitrogens with one attached hydrogen (secondary N) is 1. The Morgan fingerprint density at radius 3 is 2.11 bits per heavy atom. The number of hydrogen-bond acceptors (Lipinski definition) is 4. The summed E-state index contributed by atoms with van der Waals surface area (Å²) in [6, 6.07) is 18.0. The lowest BCUT2D eigenvalue weighted by atomic mass is 10.1. The summed E-state index contributed by atoms with van der Waals surface area (Å²) in [5.74, 6) is -0.984. The van der Waals surface area contributed by atoms with Gasteiger partial charge >= 0.3 is 0 Å². The van der Waals surface area contributed by atoms with Crippen molar-refractivity contribution in [3.63, 3.8) is 0 Å². The SMILES string of the molecule is CC(C)NC(=O)C(C)N(Cc1ccc(Cl)cc1)C(=O)CN(c1cccc(Cl)c1Cl)S(=O)(=O)c1ccccc1. The van der Waals surface area contributed by atoms with Crippen LogP contribution in [0.15, 0.2) is 77.7 Å². The van der Waals surface area contributed by atoms with Gasteiger partial charge in [-0.15, -0.1) is 0 Å². The summed E-state index contributed by atoms with van der Waals surface area (Å²) in [5.41, 5.74) is 0.757. The van der Waals surface area contributed by atoms with Crippen LogP contribution in [-0.4, -0.2) is 43.8 Å². The van der Waals surface area contributed by atoms with Gasteiger partial charge in [-0.1, -0.05) is 71.2 Å². The van der Waals surface area contributed by atoms with Crippen molar-refractivity contribution in [2.75, 3.05) is 10.8 Å². The van der Waals surface area contributed by atoms with Gasteiger partial charge in [-0.2, -0.15) is 0 Å². The fraction of sp³-hybridized carbons (Fsp3) is 0.259. The van der Waals surface area contributed by atoms with E-state index in [0.29, 0.717) is 10.6 Å². The Bertz CT molecular complexity index is 1380. The fourth-order valence-electron chi connectivity index (χ4n) is 3.69. The van der Waals surface area contributed by atoms with Crippen LogP contribution in [0.4, 0.5) is 5.69 Å². The van der Waals surface area contributed by atoms with Crippen molar-refractivity contribution in [1.82, 2.24) is 10.2 Å². The average Bonchev–Trinajstić information content (AvgIpc) is 2.88. The smallest absolute Gasteiger partial charge is 0.264 e. The Morgan fingerprint density at radius 1 is 0.868 bits per heavy atom. The van der Waals surface area contributed by atoms with Gasteiger partial charge in [0, 0.05) is 17.6 Å². The van der Waals surface area contributed by atoms with E-state index in [4.69, 9.17) is 34.8 Å². The Labute approximate surface area is 238 Å². The van der Waals surface area contributed by atoms with E-state index < -0.39 is 28.5 Å². The molecule has 0 fully saturated rings. The zero-order chi connectivity index (χ0) is 28.0. The van der Waals surface area contributed by atoms with E-state index in [0.717, 1.165) is 4.31 Å². The first-order valence-electron chi connectivity index (χ1n) is 11.8. The minimum atomic E-state index is -4.24. The quantitative estimate of drug-likeness (QED) is 0.321. The van der Waals surface area contributed by atoms with Crippen LogP contribution in [0.1, 0.15) is 26.3 Å². The molecule has 1 N–H and O–H groups in total. The molecule has 0 saturated heterocycles. The molecule has 7 nitrogen and oxygen atoms in total. The van der Waals surface area contributed by atoms with Gasteiger partial charge in [-0.25, -0.2) is 8.42 Å². The lowest BCUT2D eigenvalue weighted by molar-refractivity contribution is -0.139. The van der Waals surface area contributed by atoms with Crippen molar-refractivity contribution < 1.29 is 18.0 Å². The van der Waals surface area contributed by atoms with Crippen molar-refractivity contribution in [2.45, 2.75) is 44.3 Å². The molecular weight excluding hydrogens is 569 g/mol. The predicted octanol–water partition coefficient (Wildman–Crippen LogP) is 5.78. The molecule has 1 atom stereocenters. The molecule has 0 aliphatic heterocycles.